The summed E-state index contributed by atoms with van der Waals surface area (Å²) in [5.41, 5.74) is 4.31. The van der Waals surface area contributed by atoms with Crippen LogP contribution in [-0.4, -0.2) is 25.3 Å². The average molecular weight is 363 g/mol. The third-order valence-electron chi connectivity index (χ3n) is 4.06. The van der Waals surface area contributed by atoms with Crippen LogP contribution in [-0.2, 0) is 0 Å². The molecule has 0 radical (unpaired) electrons. The molecular formula is C19H14FN5O2. The van der Waals surface area contributed by atoms with E-state index in [1.807, 2.05) is 13.0 Å². The average Bonchev–Trinajstić information content (AvgIpc) is 3.09. The molecule has 134 valence electrons. The molecule has 0 aliphatic heterocycles. The summed E-state index contributed by atoms with van der Waals surface area (Å²) in [6.07, 6.45) is 2.59. The van der Waals surface area contributed by atoms with Crippen molar-refractivity contribution in [1.82, 2.24) is 19.4 Å². The first-order valence-electron chi connectivity index (χ1n) is 8.12. The van der Waals surface area contributed by atoms with Gasteiger partial charge in [0, 0.05) is 5.56 Å². The van der Waals surface area contributed by atoms with Crippen molar-refractivity contribution in [3.8, 4) is 5.69 Å². The van der Waals surface area contributed by atoms with Gasteiger partial charge in [-0.25, -0.2) is 18.7 Å². The molecule has 0 spiro atoms. The highest BCUT2D eigenvalue weighted by Crippen LogP contribution is 2.14. The molecule has 2 aromatic carbocycles. The number of carbonyl (C=O) groups excluding carboxylic acids is 1. The fraction of sp³-hybridized carbons (Fsp3) is 0.0526. The SMILES string of the molecule is Cc1cccc(C(=O)Nn2cnc3c(cnn3-c3ccc(F)cc3)c2=O)c1. The molecule has 0 unspecified atom stereocenters. The van der Waals surface area contributed by atoms with Gasteiger partial charge in [0.1, 0.15) is 17.5 Å². The monoisotopic (exact) mass is 363 g/mol. The van der Waals surface area contributed by atoms with Gasteiger partial charge < -0.3 is 0 Å². The Kier molecular flexibility index (Phi) is 4.00. The maximum absolute atomic E-state index is 13.1. The van der Waals surface area contributed by atoms with Crippen molar-refractivity contribution in [3.63, 3.8) is 0 Å². The standard InChI is InChI=1S/C19H14FN5O2/c1-12-3-2-4-13(9-12)18(26)23-24-11-21-17-16(19(24)27)10-22-25(17)15-7-5-14(20)6-8-15/h2-11H,1H3,(H,23,26). The van der Waals surface area contributed by atoms with Crippen LogP contribution >= 0.6 is 0 Å². The normalized spacial score (nSPS) is 10.9. The Morgan fingerprint density at radius 3 is 2.67 bits per heavy atom. The maximum Gasteiger partial charge on any atom is 0.283 e. The van der Waals surface area contributed by atoms with E-state index in [0.717, 1.165) is 10.2 Å². The first kappa shape index (κ1) is 16.6. The van der Waals surface area contributed by atoms with Crippen molar-refractivity contribution >= 4 is 16.9 Å². The highest BCUT2D eigenvalue weighted by atomic mass is 19.1. The summed E-state index contributed by atoms with van der Waals surface area (Å²) < 4.78 is 15.6. The molecule has 0 bridgehead atoms. The lowest BCUT2D eigenvalue weighted by Gasteiger charge is -2.08. The summed E-state index contributed by atoms with van der Waals surface area (Å²) in [5.74, 6) is -0.794. The molecule has 0 atom stereocenters. The second-order valence-electron chi connectivity index (χ2n) is 6.00. The van der Waals surface area contributed by atoms with Gasteiger partial charge in [0.15, 0.2) is 5.65 Å². The quantitative estimate of drug-likeness (QED) is 0.606. The number of aryl methyl sites for hydroxylation is 1. The fourth-order valence-electron chi connectivity index (χ4n) is 2.72. The number of nitrogens with zero attached hydrogens (tertiary/aromatic N) is 4. The first-order valence-corrected chi connectivity index (χ1v) is 8.12. The zero-order valence-corrected chi connectivity index (χ0v) is 14.3. The molecule has 4 aromatic rings. The maximum atomic E-state index is 13.1. The topological polar surface area (TPSA) is 81.8 Å². The van der Waals surface area contributed by atoms with Gasteiger partial charge in [0.2, 0.25) is 0 Å². The molecule has 27 heavy (non-hydrogen) atoms. The number of carbonyl (C=O) groups is 1. The van der Waals surface area contributed by atoms with Crippen LogP contribution in [0.15, 0.2) is 65.8 Å². The van der Waals surface area contributed by atoms with Crippen LogP contribution in [0.25, 0.3) is 16.7 Å². The van der Waals surface area contributed by atoms with Gasteiger partial charge in [-0.2, -0.15) is 5.10 Å². The van der Waals surface area contributed by atoms with Gasteiger partial charge in [0.05, 0.1) is 11.9 Å². The van der Waals surface area contributed by atoms with E-state index in [2.05, 4.69) is 15.5 Å². The zero-order valence-electron chi connectivity index (χ0n) is 14.3. The number of benzene rings is 2. The van der Waals surface area contributed by atoms with Crippen LogP contribution in [0.2, 0.25) is 0 Å². The fourth-order valence-corrected chi connectivity index (χ4v) is 2.72. The Morgan fingerprint density at radius 1 is 1.15 bits per heavy atom. The third-order valence-corrected chi connectivity index (χ3v) is 4.06. The van der Waals surface area contributed by atoms with Crippen LogP contribution in [0.3, 0.4) is 0 Å². The molecule has 2 aromatic heterocycles. The van der Waals surface area contributed by atoms with Crippen molar-refractivity contribution in [2.24, 2.45) is 0 Å². The summed E-state index contributed by atoms with van der Waals surface area (Å²) in [7, 11) is 0. The molecule has 7 nitrogen and oxygen atoms in total. The first-order chi connectivity index (χ1) is 13.0. The predicted molar refractivity (Wildman–Crippen MR) is 98.0 cm³/mol. The van der Waals surface area contributed by atoms with Crippen molar-refractivity contribution < 1.29 is 9.18 Å². The lowest BCUT2D eigenvalue weighted by Crippen LogP contribution is -2.33. The Bertz CT molecular complexity index is 1210. The summed E-state index contributed by atoms with van der Waals surface area (Å²) >= 11 is 0. The second-order valence-corrected chi connectivity index (χ2v) is 6.00. The number of halogens is 1. The highest BCUT2D eigenvalue weighted by Gasteiger charge is 2.13. The van der Waals surface area contributed by atoms with E-state index in [4.69, 9.17) is 0 Å². The van der Waals surface area contributed by atoms with Crippen molar-refractivity contribution in [3.05, 3.63) is 88.4 Å². The van der Waals surface area contributed by atoms with Crippen LogP contribution in [0.4, 0.5) is 4.39 Å². The molecule has 8 heteroatoms. The van der Waals surface area contributed by atoms with Gasteiger partial charge in [-0.1, -0.05) is 17.7 Å². The van der Waals surface area contributed by atoms with Crippen molar-refractivity contribution in [2.45, 2.75) is 6.92 Å². The molecule has 0 aliphatic rings. The third kappa shape index (κ3) is 3.08. The Morgan fingerprint density at radius 2 is 1.93 bits per heavy atom. The van der Waals surface area contributed by atoms with Crippen LogP contribution in [0.1, 0.15) is 15.9 Å². The minimum absolute atomic E-state index is 0.228. The van der Waals surface area contributed by atoms with Gasteiger partial charge in [-0.3, -0.25) is 15.0 Å². The molecule has 0 saturated carbocycles. The van der Waals surface area contributed by atoms with Crippen molar-refractivity contribution in [1.29, 1.82) is 0 Å². The van der Waals surface area contributed by atoms with Crippen LogP contribution in [0, 0.1) is 12.7 Å². The largest absolute Gasteiger partial charge is 0.283 e. The van der Waals surface area contributed by atoms with E-state index < -0.39 is 11.5 Å². The lowest BCUT2D eigenvalue weighted by molar-refractivity contribution is 0.101. The summed E-state index contributed by atoms with van der Waals surface area (Å²) in [4.78, 5) is 29.2. The number of amides is 1. The molecule has 4 rings (SSSR count). The smallest absolute Gasteiger partial charge is 0.267 e. The van der Waals surface area contributed by atoms with Gasteiger partial charge in [-0.15, -0.1) is 0 Å². The minimum Gasteiger partial charge on any atom is -0.267 e. The number of hydrogen-bond donors (Lipinski definition) is 1. The Hall–Kier alpha value is -3.81. The molecular weight excluding hydrogens is 349 g/mol. The number of aromatic nitrogens is 4. The zero-order chi connectivity index (χ0) is 19.0. The van der Waals surface area contributed by atoms with E-state index in [1.54, 1.807) is 18.2 Å². The van der Waals surface area contributed by atoms with E-state index in [1.165, 1.54) is 41.5 Å². The number of nitrogens with one attached hydrogen (secondary N) is 1. The van der Waals surface area contributed by atoms with Crippen LogP contribution < -0.4 is 11.0 Å². The number of fused-ring (bicyclic) bond motifs is 1. The summed E-state index contributed by atoms with van der Waals surface area (Å²) in [5, 5.41) is 4.38. The molecule has 0 saturated heterocycles. The lowest BCUT2D eigenvalue weighted by atomic mass is 10.1. The van der Waals surface area contributed by atoms with Gasteiger partial charge in [-0.05, 0) is 43.3 Å². The van der Waals surface area contributed by atoms with Gasteiger partial charge in [0.25, 0.3) is 11.5 Å². The molecule has 1 amide bonds. The summed E-state index contributed by atoms with van der Waals surface area (Å²) in [6, 6.07) is 12.7. The Labute approximate surface area is 152 Å². The minimum atomic E-state index is -0.464. The van der Waals surface area contributed by atoms with E-state index in [-0.39, 0.29) is 11.2 Å². The van der Waals surface area contributed by atoms with E-state index in [0.29, 0.717) is 16.9 Å². The van der Waals surface area contributed by atoms with E-state index >= 15 is 0 Å². The molecule has 2 heterocycles. The molecule has 0 aliphatic carbocycles. The molecule has 0 fully saturated rings. The summed E-state index contributed by atoms with van der Waals surface area (Å²) in [6.45, 7) is 1.88. The van der Waals surface area contributed by atoms with Crippen molar-refractivity contribution in [2.75, 3.05) is 5.43 Å². The van der Waals surface area contributed by atoms with E-state index in [9.17, 15) is 14.0 Å². The van der Waals surface area contributed by atoms with Crippen LogP contribution in [0.5, 0.6) is 0 Å². The molecule has 1 N–H and O–H groups in total. The Balaban J connectivity index is 1.70. The predicted octanol–water partition coefficient (Wildman–Crippen LogP) is 2.41. The number of rotatable bonds is 3. The number of hydrogen-bond acceptors (Lipinski definition) is 4. The second kappa shape index (κ2) is 6.49. The van der Waals surface area contributed by atoms with Gasteiger partial charge >= 0.3 is 0 Å². The highest BCUT2D eigenvalue weighted by molar-refractivity contribution is 6.00.